The van der Waals surface area contributed by atoms with Crippen molar-refractivity contribution in [3.05, 3.63) is 20.3 Å². The molecule has 0 radical (unpaired) electrons. The second-order valence-electron chi connectivity index (χ2n) is 5.69. The summed E-state index contributed by atoms with van der Waals surface area (Å²) in [5.41, 5.74) is 1.31. The molecule has 0 nitrogen and oxygen atoms in total. The van der Waals surface area contributed by atoms with Gasteiger partial charge in [0.05, 0.1) is 9.16 Å². The number of thiophene rings is 1. The molecule has 0 bridgehead atoms. The van der Waals surface area contributed by atoms with Crippen LogP contribution in [0.2, 0.25) is 0 Å². The van der Waals surface area contributed by atoms with Crippen LogP contribution in [-0.2, 0) is 0 Å². The highest BCUT2D eigenvalue weighted by molar-refractivity contribution is 9.11. The quantitative estimate of drug-likeness (QED) is 0.269. The van der Waals surface area contributed by atoms with Crippen molar-refractivity contribution in [1.29, 1.82) is 0 Å². The highest BCUT2D eigenvalue weighted by Crippen LogP contribution is 2.36. The molecule has 0 saturated heterocycles. The topological polar surface area (TPSA) is 0 Å². The van der Waals surface area contributed by atoms with Crippen molar-refractivity contribution >= 4 is 38.9 Å². The molecule has 3 heteroatoms. The average Bonchev–Trinajstić information content (AvgIpc) is 2.77. The predicted molar refractivity (Wildman–Crippen MR) is 97.2 cm³/mol. The van der Waals surface area contributed by atoms with Crippen LogP contribution in [0, 0.1) is 6.92 Å². The van der Waals surface area contributed by atoms with Gasteiger partial charge in [-0.1, -0.05) is 64.7 Å². The fourth-order valence-corrected chi connectivity index (χ4v) is 4.35. The Morgan fingerprint density at radius 3 is 2.10 bits per heavy atom. The average molecular weight is 380 g/mol. The molecule has 0 aliphatic carbocycles. The van der Waals surface area contributed by atoms with Crippen molar-refractivity contribution in [2.75, 3.05) is 0 Å². The molecular weight excluding hydrogens is 352 g/mol. The third kappa shape index (κ3) is 7.47. The molecular formula is C17H28BrClS. The third-order valence-electron chi connectivity index (χ3n) is 3.75. The third-order valence-corrected chi connectivity index (χ3v) is 6.58. The Kier molecular flexibility index (Phi) is 10.3. The standard InChI is InChI=1S/C17H28BrClS/c1-3-4-5-6-7-8-9-10-11-12-15(19)16-13-14(2)17(18)20-16/h13,15H,3-12H2,1-2H3. The normalized spacial score (nSPS) is 12.8. The van der Waals surface area contributed by atoms with Gasteiger partial charge in [-0.25, -0.2) is 0 Å². The first-order chi connectivity index (χ1) is 9.65. The maximum absolute atomic E-state index is 6.48. The summed E-state index contributed by atoms with van der Waals surface area (Å²) in [4.78, 5) is 1.32. The number of hydrogen-bond donors (Lipinski definition) is 0. The molecule has 0 N–H and O–H groups in total. The number of aryl methyl sites for hydroxylation is 1. The zero-order valence-corrected chi connectivity index (χ0v) is 16.0. The molecule has 0 fully saturated rings. The van der Waals surface area contributed by atoms with E-state index in [0.29, 0.717) is 0 Å². The van der Waals surface area contributed by atoms with Crippen LogP contribution in [0.5, 0.6) is 0 Å². The number of halogens is 2. The van der Waals surface area contributed by atoms with Crippen molar-refractivity contribution in [2.45, 2.75) is 83.4 Å². The van der Waals surface area contributed by atoms with Crippen LogP contribution in [0.4, 0.5) is 0 Å². The summed E-state index contributed by atoms with van der Waals surface area (Å²) in [6.07, 6.45) is 13.5. The maximum Gasteiger partial charge on any atom is 0.0731 e. The molecule has 0 spiro atoms. The lowest BCUT2D eigenvalue weighted by molar-refractivity contribution is 0.555. The summed E-state index contributed by atoms with van der Waals surface area (Å²) < 4.78 is 1.23. The van der Waals surface area contributed by atoms with E-state index in [4.69, 9.17) is 11.6 Å². The molecule has 1 heterocycles. The molecule has 116 valence electrons. The van der Waals surface area contributed by atoms with Gasteiger partial charge in [-0.05, 0) is 40.9 Å². The molecule has 0 aromatic carbocycles. The Morgan fingerprint density at radius 2 is 1.60 bits per heavy atom. The van der Waals surface area contributed by atoms with Gasteiger partial charge in [0.25, 0.3) is 0 Å². The second-order valence-corrected chi connectivity index (χ2v) is 8.62. The summed E-state index contributed by atoms with van der Waals surface area (Å²) in [7, 11) is 0. The molecule has 0 aliphatic heterocycles. The molecule has 0 amide bonds. The predicted octanol–water partition coefficient (Wildman–Crippen LogP) is 8.02. The van der Waals surface area contributed by atoms with E-state index in [9.17, 15) is 0 Å². The van der Waals surface area contributed by atoms with Gasteiger partial charge in [0.1, 0.15) is 0 Å². The van der Waals surface area contributed by atoms with Crippen LogP contribution in [0.1, 0.15) is 86.9 Å². The molecule has 1 atom stereocenters. The van der Waals surface area contributed by atoms with Gasteiger partial charge in [0.15, 0.2) is 0 Å². The Labute approximate surface area is 142 Å². The largest absolute Gasteiger partial charge is 0.131 e. The summed E-state index contributed by atoms with van der Waals surface area (Å²) in [5.74, 6) is 0. The van der Waals surface area contributed by atoms with Crippen LogP contribution in [0.15, 0.2) is 9.85 Å². The number of unbranched alkanes of at least 4 members (excludes halogenated alkanes) is 8. The number of alkyl halides is 1. The molecule has 1 rings (SSSR count). The van der Waals surface area contributed by atoms with E-state index in [0.717, 1.165) is 6.42 Å². The van der Waals surface area contributed by atoms with Gasteiger partial charge in [0.2, 0.25) is 0 Å². The lowest BCUT2D eigenvalue weighted by Gasteiger charge is -2.07. The number of rotatable bonds is 11. The fourth-order valence-electron chi connectivity index (χ4n) is 2.41. The minimum Gasteiger partial charge on any atom is -0.131 e. The first kappa shape index (κ1) is 18.5. The van der Waals surface area contributed by atoms with Crippen molar-refractivity contribution in [3.8, 4) is 0 Å². The molecule has 0 saturated carbocycles. The summed E-state index contributed by atoms with van der Waals surface area (Å²) in [6, 6.07) is 2.22. The van der Waals surface area contributed by atoms with Crippen molar-refractivity contribution in [1.82, 2.24) is 0 Å². The van der Waals surface area contributed by atoms with E-state index in [1.807, 2.05) is 0 Å². The molecule has 20 heavy (non-hydrogen) atoms. The van der Waals surface area contributed by atoms with E-state index < -0.39 is 0 Å². The van der Waals surface area contributed by atoms with Gasteiger partial charge in [-0.3, -0.25) is 0 Å². The van der Waals surface area contributed by atoms with E-state index in [1.54, 1.807) is 11.3 Å². The van der Waals surface area contributed by atoms with E-state index in [-0.39, 0.29) is 5.38 Å². The van der Waals surface area contributed by atoms with Crippen LogP contribution in [0.3, 0.4) is 0 Å². The lowest BCUT2D eigenvalue weighted by Crippen LogP contribution is -1.88. The van der Waals surface area contributed by atoms with Crippen molar-refractivity contribution in [2.24, 2.45) is 0 Å². The Bertz CT molecular complexity index is 342. The Balaban J connectivity index is 2.01. The van der Waals surface area contributed by atoms with E-state index in [1.165, 1.54) is 72.0 Å². The Morgan fingerprint density at radius 1 is 1.05 bits per heavy atom. The first-order valence-corrected chi connectivity index (χ1v) is 10.1. The van der Waals surface area contributed by atoms with Crippen LogP contribution >= 0.6 is 38.9 Å². The molecule has 0 aliphatic rings. The van der Waals surface area contributed by atoms with Gasteiger partial charge in [-0.15, -0.1) is 22.9 Å². The van der Waals surface area contributed by atoms with Gasteiger partial charge >= 0.3 is 0 Å². The smallest absolute Gasteiger partial charge is 0.0731 e. The van der Waals surface area contributed by atoms with Gasteiger partial charge in [-0.2, -0.15) is 0 Å². The SMILES string of the molecule is CCCCCCCCCCCC(Cl)c1cc(C)c(Br)s1. The van der Waals surface area contributed by atoms with Gasteiger partial charge in [0, 0.05) is 4.88 Å². The first-order valence-electron chi connectivity index (χ1n) is 8.05. The monoisotopic (exact) mass is 378 g/mol. The van der Waals surface area contributed by atoms with Gasteiger partial charge < -0.3 is 0 Å². The van der Waals surface area contributed by atoms with E-state index in [2.05, 4.69) is 35.8 Å². The minimum atomic E-state index is 0.203. The highest BCUT2D eigenvalue weighted by Gasteiger charge is 2.12. The van der Waals surface area contributed by atoms with Crippen molar-refractivity contribution < 1.29 is 0 Å². The lowest BCUT2D eigenvalue weighted by atomic mass is 10.1. The van der Waals surface area contributed by atoms with Crippen LogP contribution < -0.4 is 0 Å². The highest BCUT2D eigenvalue weighted by atomic mass is 79.9. The van der Waals surface area contributed by atoms with Crippen LogP contribution in [0.25, 0.3) is 0 Å². The molecule has 1 aromatic rings. The van der Waals surface area contributed by atoms with E-state index >= 15 is 0 Å². The van der Waals surface area contributed by atoms with Crippen molar-refractivity contribution in [3.63, 3.8) is 0 Å². The molecule has 1 unspecified atom stereocenters. The molecule has 1 aromatic heterocycles. The summed E-state index contributed by atoms with van der Waals surface area (Å²) in [6.45, 7) is 4.41. The van der Waals surface area contributed by atoms with Crippen LogP contribution in [-0.4, -0.2) is 0 Å². The fraction of sp³-hybridized carbons (Fsp3) is 0.765. The Hall–Kier alpha value is 0.470. The zero-order chi connectivity index (χ0) is 14.8. The summed E-state index contributed by atoms with van der Waals surface area (Å²) >= 11 is 11.8. The zero-order valence-electron chi connectivity index (χ0n) is 12.9. The number of hydrogen-bond acceptors (Lipinski definition) is 1. The minimum absolute atomic E-state index is 0.203. The maximum atomic E-state index is 6.48. The second kappa shape index (κ2) is 11.1. The summed E-state index contributed by atoms with van der Waals surface area (Å²) in [5, 5.41) is 0.203.